The van der Waals surface area contributed by atoms with Gasteiger partial charge in [-0.2, -0.15) is 0 Å². The molecule has 1 unspecified atom stereocenters. The van der Waals surface area contributed by atoms with Crippen LogP contribution in [-0.4, -0.2) is 43.2 Å². The Bertz CT molecular complexity index is 380. The number of aryl methyl sites for hydroxylation is 1. The van der Waals surface area contributed by atoms with E-state index in [4.69, 9.17) is 4.74 Å². The molecule has 6 heteroatoms. The van der Waals surface area contributed by atoms with Crippen LogP contribution in [0.4, 0.5) is 0 Å². The molecule has 1 aromatic heterocycles. The van der Waals surface area contributed by atoms with E-state index < -0.39 is 0 Å². The van der Waals surface area contributed by atoms with Crippen molar-refractivity contribution in [1.82, 2.24) is 15.6 Å². The van der Waals surface area contributed by atoms with Gasteiger partial charge in [-0.05, 0) is 6.92 Å². The van der Waals surface area contributed by atoms with Crippen LogP contribution in [0.2, 0.25) is 0 Å². The van der Waals surface area contributed by atoms with E-state index >= 15 is 0 Å². The number of hydrogen-bond acceptors (Lipinski definition) is 5. The van der Waals surface area contributed by atoms with E-state index in [2.05, 4.69) is 15.6 Å². The summed E-state index contributed by atoms with van der Waals surface area (Å²) in [6.45, 7) is 3.37. The van der Waals surface area contributed by atoms with Crippen molar-refractivity contribution in [1.29, 1.82) is 0 Å². The van der Waals surface area contributed by atoms with Gasteiger partial charge in [0.15, 0.2) is 0 Å². The van der Waals surface area contributed by atoms with Crippen molar-refractivity contribution in [2.75, 3.05) is 20.2 Å². The number of rotatable bonds is 3. The summed E-state index contributed by atoms with van der Waals surface area (Å²) in [5, 5.41) is 6.15. The van der Waals surface area contributed by atoms with Gasteiger partial charge in [0.1, 0.15) is 4.88 Å². The molecular formula is C10H15N3O2S. The predicted octanol–water partition coefficient (Wildman–Crippen LogP) is 0.168. The first-order chi connectivity index (χ1) is 7.72. The van der Waals surface area contributed by atoms with Crippen molar-refractivity contribution < 1.29 is 9.53 Å². The van der Waals surface area contributed by atoms with Crippen molar-refractivity contribution in [2.45, 2.75) is 19.1 Å². The van der Waals surface area contributed by atoms with Crippen LogP contribution in [0.3, 0.4) is 0 Å². The second kappa shape index (κ2) is 4.90. The SMILES string of the molecule is CO[C@H]1CNCC1NC(=O)c1scnc1C. The van der Waals surface area contributed by atoms with E-state index in [-0.39, 0.29) is 18.1 Å². The maximum absolute atomic E-state index is 11.9. The lowest BCUT2D eigenvalue weighted by molar-refractivity contribution is 0.0782. The molecule has 2 atom stereocenters. The van der Waals surface area contributed by atoms with Gasteiger partial charge in [0, 0.05) is 20.2 Å². The molecule has 88 valence electrons. The normalized spacial score (nSPS) is 24.6. The molecule has 0 spiro atoms. The van der Waals surface area contributed by atoms with Crippen LogP contribution in [0.5, 0.6) is 0 Å². The Kier molecular flexibility index (Phi) is 3.52. The second-order valence-corrected chi connectivity index (χ2v) is 4.63. The maximum Gasteiger partial charge on any atom is 0.263 e. The second-order valence-electron chi connectivity index (χ2n) is 3.78. The first-order valence-corrected chi connectivity index (χ1v) is 6.04. The fraction of sp³-hybridized carbons (Fsp3) is 0.600. The number of hydrogen-bond donors (Lipinski definition) is 2. The van der Waals surface area contributed by atoms with Gasteiger partial charge in [-0.15, -0.1) is 11.3 Å². The van der Waals surface area contributed by atoms with Gasteiger partial charge in [-0.25, -0.2) is 4.98 Å². The van der Waals surface area contributed by atoms with Crippen molar-refractivity contribution in [3.05, 3.63) is 16.1 Å². The maximum atomic E-state index is 11.9. The van der Waals surface area contributed by atoms with Crippen LogP contribution in [0.1, 0.15) is 15.4 Å². The zero-order valence-electron chi connectivity index (χ0n) is 9.32. The Morgan fingerprint density at radius 2 is 2.50 bits per heavy atom. The highest BCUT2D eigenvalue weighted by Crippen LogP contribution is 2.13. The van der Waals surface area contributed by atoms with Gasteiger partial charge in [-0.1, -0.05) is 0 Å². The van der Waals surface area contributed by atoms with Crippen LogP contribution in [0.15, 0.2) is 5.51 Å². The number of carbonyl (C=O) groups excluding carboxylic acids is 1. The number of aromatic nitrogens is 1. The van der Waals surface area contributed by atoms with Gasteiger partial charge in [-0.3, -0.25) is 4.79 Å². The minimum Gasteiger partial charge on any atom is -0.378 e. The van der Waals surface area contributed by atoms with Crippen LogP contribution < -0.4 is 10.6 Å². The van der Waals surface area contributed by atoms with E-state index in [0.717, 1.165) is 18.8 Å². The quantitative estimate of drug-likeness (QED) is 0.792. The largest absolute Gasteiger partial charge is 0.378 e. The minimum absolute atomic E-state index is 0.0407. The Morgan fingerprint density at radius 1 is 1.69 bits per heavy atom. The summed E-state index contributed by atoms with van der Waals surface area (Å²) < 4.78 is 5.28. The Hall–Kier alpha value is -0.980. The summed E-state index contributed by atoms with van der Waals surface area (Å²) >= 11 is 1.37. The average molecular weight is 241 g/mol. The molecule has 0 aromatic carbocycles. The number of nitrogens with zero attached hydrogens (tertiary/aromatic N) is 1. The van der Waals surface area contributed by atoms with E-state index in [1.807, 2.05) is 6.92 Å². The summed E-state index contributed by atoms with van der Waals surface area (Å²) in [6.07, 6.45) is 0.0529. The van der Waals surface area contributed by atoms with E-state index in [1.165, 1.54) is 11.3 Å². The molecule has 1 fully saturated rings. The fourth-order valence-corrected chi connectivity index (χ4v) is 2.51. The lowest BCUT2D eigenvalue weighted by Gasteiger charge is -2.18. The van der Waals surface area contributed by atoms with E-state index in [9.17, 15) is 4.79 Å². The molecule has 16 heavy (non-hydrogen) atoms. The third kappa shape index (κ3) is 2.23. The lowest BCUT2D eigenvalue weighted by Crippen LogP contribution is -2.43. The van der Waals surface area contributed by atoms with Gasteiger partial charge in [0.05, 0.1) is 23.4 Å². The third-order valence-corrected chi connectivity index (χ3v) is 3.66. The molecule has 2 rings (SSSR count). The number of methoxy groups -OCH3 is 1. The first-order valence-electron chi connectivity index (χ1n) is 5.17. The summed E-state index contributed by atoms with van der Waals surface area (Å²) in [5.74, 6) is -0.0595. The summed E-state index contributed by atoms with van der Waals surface area (Å²) in [6, 6.07) is 0.0407. The molecule has 1 amide bonds. The molecule has 2 N–H and O–H groups in total. The summed E-state index contributed by atoms with van der Waals surface area (Å²) in [4.78, 5) is 16.7. The van der Waals surface area contributed by atoms with E-state index in [0.29, 0.717) is 4.88 Å². The number of amides is 1. The molecule has 2 heterocycles. The number of nitrogens with one attached hydrogen (secondary N) is 2. The van der Waals surface area contributed by atoms with Gasteiger partial charge < -0.3 is 15.4 Å². The van der Waals surface area contributed by atoms with Crippen LogP contribution >= 0.6 is 11.3 Å². The number of thiazole rings is 1. The monoisotopic (exact) mass is 241 g/mol. The standard InChI is InChI=1S/C10H15N3O2S/c1-6-9(16-5-12-6)10(14)13-7-3-11-4-8(7)15-2/h5,7-8,11H,3-4H2,1-2H3,(H,13,14)/t7?,8-/m0/s1. The van der Waals surface area contributed by atoms with E-state index in [1.54, 1.807) is 12.6 Å². The zero-order chi connectivity index (χ0) is 11.5. The Labute approximate surface area is 98.2 Å². The van der Waals surface area contributed by atoms with Crippen molar-refractivity contribution in [3.63, 3.8) is 0 Å². The summed E-state index contributed by atoms with van der Waals surface area (Å²) in [7, 11) is 1.66. The molecule has 1 saturated heterocycles. The van der Waals surface area contributed by atoms with Gasteiger partial charge in [0.2, 0.25) is 0 Å². The molecule has 0 bridgehead atoms. The Balaban J connectivity index is 2.00. The lowest BCUT2D eigenvalue weighted by atomic mass is 10.2. The van der Waals surface area contributed by atoms with Crippen LogP contribution in [0, 0.1) is 6.92 Å². The van der Waals surface area contributed by atoms with Crippen LogP contribution in [-0.2, 0) is 4.74 Å². The topological polar surface area (TPSA) is 63.2 Å². The zero-order valence-corrected chi connectivity index (χ0v) is 10.1. The molecule has 5 nitrogen and oxygen atoms in total. The highest BCUT2D eigenvalue weighted by Gasteiger charge is 2.29. The average Bonchev–Trinajstić information content (AvgIpc) is 2.86. The smallest absolute Gasteiger partial charge is 0.263 e. The number of ether oxygens (including phenoxy) is 1. The van der Waals surface area contributed by atoms with Gasteiger partial charge >= 0.3 is 0 Å². The number of carbonyl (C=O) groups is 1. The van der Waals surface area contributed by atoms with Crippen LogP contribution in [0.25, 0.3) is 0 Å². The molecule has 1 aromatic rings. The molecule has 0 radical (unpaired) electrons. The highest BCUT2D eigenvalue weighted by molar-refractivity contribution is 7.11. The molecule has 1 aliphatic rings. The van der Waals surface area contributed by atoms with Gasteiger partial charge in [0.25, 0.3) is 5.91 Å². The van der Waals surface area contributed by atoms with Crippen molar-refractivity contribution in [3.8, 4) is 0 Å². The predicted molar refractivity (Wildman–Crippen MR) is 61.8 cm³/mol. The van der Waals surface area contributed by atoms with Crippen molar-refractivity contribution >= 4 is 17.2 Å². The molecule has 0 saturated carbocycles. The molecule has 0 aliphatic carbocycles. The molecule has 1 aliphatic heterocycles. The highest BCUT2D eigenvalue weighted by atomic mass is 32.1. The Morgan fingerprint density at radius 3 is 3.12 bits per heavy atom. The minimum atomic E-state index is -0.0595. The first kappa shape index (κ1) is 11.5. The third-order valence-electron chi connectivity index (χ3n) is 2.73. The molecular weight excluding hydrogens is 226 g/mol. The van der Waals surface area contributed by atoms with Crippen molar-refractivity contribution in [2.24, 2.45) is 0 Å². The summed E-state index contributed by atoms with van der Waals surface area (Å²) in [5.41, 5.74) is 2.47. The fourth-order valence-electron chi connectivity index (χ4n) is 1.80.